The molecule has 0 spiro atoms. The highest BCUT2D eigenvalue weighted by atomic mass is 32.2. The van der Waals surface area contributed by atoms with E-state index in [9.17, 15) is 26.0 Å². The third-order valence-electron chi connectivity index (χ3n) is 5.58. The zero-order valence-electron chi connectivity index (χ0n) is 22.3. The standard InChI is InChI=1S/C27H28F4N2O2S.C2H6/c1-4-17-26(2,28)18-8-11-23-24(21-12-14-22(15-13-21)36(3,34)35)32-33(25(23)27(29,30)31)19-16-20-9-6-5-7-10-20;1-2/h4-15,17H,16,18-19H2,1-3H3;1-2H3/b11-8+,17-4-;. The Morgan fingerprint density at radius 1 is 0.974 bits per heavy atom. The van der Waals surface area contributed by atoms with Crippen molar-refractivity contribution in [1.82, 2.24) is 9.78 Å². The molecule has 3 rings (SSSR count). The van der Waals surface area contributed by atoms with Crippen LogP contribution in [0.2, 0.25) is 0 Å². The Hall–Kier alpha value is -3.20. The van der Waals surface area contributed by atoms with E-state index in [4.69, 9.17) is 0 Å². The van der Waals surface area contributed by atoms with Crippen molar-refractivity contribution >= 4 is 15.9 Å². The lowest BCUT2D eigenvalue weighted by atomic mass is 10.0. The molecule has 2 aromatic carbocycles. The molecule has 0 saturated carbocycles. The van der Waals surface area contributed by atoms with Gasteiger partial charge in [0, 0.05) is 30.3 Å². The van der Waals surface area contributed by atoms with Crippen molar-refractivity contribution in [3.63, 3.8) is 0 Å². The molecule has 0 saturated heterocycles. The van der Waals surface area contributed by atoms with Gasteiger partial charge < -0.3 is 0 Å². The van der Waals surface area contributed by atoms with Gasteiger partial charge in [0.15, 0.2) is 9.84 Å². The van der Waals surface area contributed by atoms with Crippen molar-refractivity contribution in [3.05, 3.63) is 89.6 Å². The predicted octanol–water partition coefficient (Wildman–Crippen LogP) is 7.95. The van der Waals surface area contributed by atoms with Crippen LogP contribution in [0.3, 0.4) is 0 Å². The number of aromatic nitrogens is 2. The van der Waals surface area contributed by atoms with Crippen LogP contribution < -0.4 is 0 Å². The topological polar surface area (TPSA) is 52.0 Å². The zero-order valence-corrected chi connectivity index (χ0v) is 23.1. The van der Waals surface area contributed by atoms with Gasteiger partial charge in [-0.1, -0.05) is 80.6 Å². The molecule has 3 aromatic rings. The van der Waals surface area contributed by atoms with Crippen molar-refractivity contribution < 1.29 is 26.0 Å². The predicted molar refractivity (Wildman–Crippen MR) is 145 cm³/mol. The van der Waals surface area contributed by atoms with Gasteiger partial charge in [0.2, 0.25) is 0 Å². The zero-order chi connectivity index (χ0) is 28.6. The van der Waals surface area contributed by atoms with E-state index in [-0.39, 0.29) is 29.1 Å². The van der Waals surface area contributed by atoms with Gasteiger partial charge in [0.1, 0.15) is 17.1 Å². The lowest BCUT2D eigenvalue weighted by molar-refractivity contribution is -0.144. The van der Waals surface area contributed by atoms with E-state index >= 15 is 0 Å². The SMILES string of the molecule is C/C=C\C(C)(F)C/C=C/c1c(-c2ccc(S(C)(=O)=O)cc2)nn(CCc2ccccc2)c1C(F)(F)F.CC. The molecule has 1 heterocycles. The van der Waals surface area contributed by atoms with E-state index < -0.39 is 27.4 Å². The van der Waals surface area contributed by atoms with Gasteiger partial charge in [-0.15, -0.1) is 0 Å². The van der Waals surface area contributed by atoms with E-state index in [1.54, 1.807) is 13.0 Å². The third kappa shape index (κ3) is 8.41. The molecule has 9 heteroatoms. The highest BCUT2D eigenvalue weighted by Crippen LogP contribution is 2.38. The second-order valence-electron chi connectivity index (χ2n) is 8.75. The van der Waals surface area contributed by atoms with E-state index in [2.05, 4.69) is 5.10 Å². The summed E-state index contributed by atoms with van der Waals surface area (Å²) < 4.78 is 82.1. The Morgan fingerprint density at radius 2 is 1.58 bits per heavy atom. The molecular weight excluding hydrogens is 516 g/mol. The third-order valence-corrected chi connectivity index (χ3v) is 6.71. The lowest BCUT2D eigenvalue weighted by Gasteiger charge is -2.13. The first-order valence-electron chi connectivity index (χ1n) is 12.3. The summed E-state index contributed by atoms with van der Waals surface area (Å²) in [6.45, 7) is 6.98. The molecule has 1 unspecified atom stereocenters. The van der Waals surface area contributed by atoms with Crippen LogP contribution in [-0.4, -0.2) is 30.1 Å². The largest absolute Gasteiger partial charge is 0.433 e. The highest BCUT2D eigenvalue weighted by Gasteiger charge is 2.39. The molecule has 0 aliphatic rings. The fourth-order valence-electron chi connectivity index (χ4n) is 3.87. The number of hydrogen-bond acceptors (Lipinski definition) is 3. The van der Waals surface area contributed by atoms with Gasteiger partial charge in [-0.3, -0.25) is 4.68 Å². The van der Waals surface area contributed by atoms with Crippen LogP contribution in [0.15, 0.2) is 77.7 Å². The summed E-state index contributed by atoms with van der Waals surface area (Å²) in [7, 11) is -3.48. The highest BCUT2D eigenvalue weighted by molar-refractivity contribution is 7.90. The minimum Gasteiger partial charge on any atom is -0.259 e. The number of sulfone groups is 1. The van der Waals surface area contributed by atoms with E-state index in [0.717, 1.165) is 16.5 Å². The number of nitrogens with zero attached hydrogens (tertiary/aromatic N) is 2. The summed E-state index contributed by atoms with van der Waals surface area (Å²) in [5, 5.41) is 4.29. The molecule has 38 heavy (non-hydrogen) atoms. The van der Waals surface area contributed by atoms with Gasteiger partial charge in [0.05, 0.1) is 4.90 Å². The number of allylic oxidation sites excluding steroid dienone is 3. The maximum absolute atomic E-state index is 14.6. The summed E-state index contributed by atoms with van der Waals surface area (Å²) in [6.07, 6.45) is 2.02. The second-order valence-corrected chi connectivity index (χ2v) is 10.8. The summed E-state index contributed by atoms with van der Waals surface area (Å²) in [5.41, 5.74) is -1.63. The Kier molecular flexibility index (Phi) is 10.6. The Bertz CT molecular complexity index is 1340. The van der Waals surface area contributed by atoms with Crippen LogP contribution in [0.4, 0.5) is 17.6 Å². The minimum absolute atomic E-state index is 0.0273. The van der Waals surface area contributed by atoms with Crippen molar-refractivity contribution in [2.24, 2.45) is 0 Å². The smallest absolute Gasteiger partial charge is 0.259 e. The Morgan fingerprint density at radius 3 is 2.11 bits per heavy atom. The van der Waals surface area contributed by atoms with Crippen molar-refractivity contribution in [1.29, 1.82) is 0 Å². The average Bonchev–Trinajstić information content (AvgIpc) is 3.23. The number of rotatable bonds is 9. The first kappa shape index (κ1) is 31.0. The number of halogens is 4. The lowest BCUT2D eigenvalue weighted by Crippen LogP contribution is -2.17. The quantitative estimate of drug-likeness (QED) is 0.201. The monoisotopic (exact) mass is 550 g/mol. The first-order chi connectivity index (χ1) is 17.8. The van der Waals surface area contributed by atoms with Crippen molar-refractivity contribution in [3.8, 4) is 11.3 Å². The van der Waals surface area contributed by atoms with E-state index in [0.29, 0.717) is 12.0 Å². The number of alkyl halides is 4. The van der Waals surface area contributed by atoms with Gasteiger partial charge >= 0.3 is 6.18 Å². The Balaban J connectivity index is 0.00000247. The molecule has 0 fully saturated rings. The number of hydrogen-bond donors (Lipinski definition) is 0. The fraction of sp³-hybridized carbons (Fsp3) is 0.345. The van der Waals surface area contributed by atoms with Crippen LogP contribution in [0.5, 0.6) is 0 Å². The molecular formula is C29H34F4N2O2S. The van der Waals surface area contributed by atoms with Crippen LogP contribution in [0, 0.1) is 0 Å². The van der Waals surface area contributed by atoms with Gasteiger partial charge in [-0.2, -0.15) is 18.3 Å². The summed E-state index contributed by atoms with van der Waals surface area (Å²) >= 11 is 0. The second kappa shape index (κ2) is 13.0. The molecule has 206 valence electrons. The van der Waals surface area contributed by atoms with Crippen LogP contribution in [0.1, 0.15) is 50.9 Å². The average molecular weight is 551 g/mol. The molecule has 0 bridgehead atoms. The van der Waals surface area contributed by atoms with Gasteiger partial charge in [0.25, 0.3) is 0 Å². The maximum Gasteiger partial charge on any atom is 0.433 e. The van der Waals surface area contributed by atoms with E-state index in [1.165, 1.54) is 49.4 Å². The molecule has 0 radical (unpaired) electrons. The van der Waals surface area contributed by atoms with Crippen LogP contribution >= 0.6 is 0 Å². The molecule has 1 atom stereocenters. The minimum atomic E-state index is -4.73. The number of benzene rings is 2. The normalized spacial score (nSPS) is 13.9. The van der Waals surface area contributed by atoms with Crippen molar-refractivity contribution in [2.45, 2.75) is 63.8 Å². The van der Waals surface area contributed by atoms with Gasteiger partial charge in [-0.05, 0) is 38.0 Å². The van der Waals surface area contributed by atoms with Crippen LogP contribution in [-0.2, 0) is 29.0 Å². The molecule has 4 nitrogen and oxygen atoms in total. The molecule has 0 N–H and O–H groups in total. The molecule has 1 aromatic heterocycles. The summed E-state index contributed by atoms with van der Waals surface area (Å²) in [5.74, 6) is 0. The summed E-state index contributed by atoms with van der Waals surface area (Å²) in [4.78, 5) is 0.0439. The molecule has 0 aliphatic carbocycles. The van der Waals surface area contributed by atoms with Gasteiger partial charge in [-0.25, -0.2) is 12.8 Å². The maximum atomic E-state index is 14.6. The van der Waals surface area contributed by atoms with Crippen molar-refractivity contribution in [2.75, 3.05) is 6.26 Å². The first-order valence-corrected chi connectivity index (χ1v) is 14.2. The number of aryl methyl sites for hydroxylation is 2. The summed E-state index contributed by atoms with van der Waals surface area (Å²) in [6, 6.07) is 14.6. The fourth-order valence-corrected chi connectivity index (χ4v) is 4.50. The van der Waals surface area contributed by atoms with E-state index in [1.807, 2.05) is 44.2 Å². The Labute approximate surface area is 222 Å². The molecule has 0 aliphatic heterocycles. The molecule has 0 amide bonds. The van der Waals surface area contributed by atoms with Crippen LogP contribution in [0.25, 0.3) is 17.3 Å².